The van der Waals surface area contributed by atoms with Crippen LogP contribution in [0.15, 0.2) is 24.3 Å². The molecule has 0 unspecified atom stereocenters. The zero-order chi connectivity index (χ0) is 19.8. The highest BCUT2D eigenvalue weighted by atomic mass is 16.5. The largest absolute Gasteiger partial charge is 0.497 e. The number of hydrogen-bond donors (Lipinski definition) is 1. The van der Waals surface area contributed by atoms with E-state index in [9.17, 15) is 14.4 Å². The Kier molecular flexibility index (Phi) is 7.22. The number of hydrogen-bond acceptors (Lipinski definition) is 6. The molecule has 27 heavy (non-hydrogen) atoms. The second-order valence-electron chi connectivity index (χ2n) is 6.13. The molecule has 2 N–H and O–H groups in total. The van der Waals surface area contributed by atoms with Gasteiger partial charge in [0.1, 0.15) is 11.5 Å². The Morgan fingerprint density at radius 2 is 2.04 bits per heavy atom. The van der Waals surface area contributed by atoms with Crippen molar-refractivity contribution < 1.29 is 28.6 Å². The standard InChI is InChI=1S/C19H24N2O6/c1-25-15-6-7-16(26-2)13(10-15)5-8-18(23)27-12-17(22)21-9-3-4-14(11-21)19(20)24/h5-8,10,14H,3-4,9,11-12H2,1-2H3,(H2,20,24)/b8-5+/t14-/m0/s1. The Labute approximate surface area is 157 Å². The van der Waals surface area contributed by atoms with Gasteiger partial charge in [0.25, 0.3) is 5.91 Å². The summed E-state index contributed by atoms with van der Waals surface area (Å²) in [7, 11) is 3.06. The summed E-state index contributed by atoms with van der Waals surface area (Å²) in [6.07, 6.45) is 4.11. The van der Waals surface area contributed by atoms with Crippen molar-refractivity contribution in [1.82, 2.24) is 4.90 Å². The van der Waals surface area contributed by atoms with E-state index in [0.29, 0.717) is 36.4 Å². The number of benzene rings is 1. The number of primary amides is 1. The van der Waals surface area contributed by atoms with Gasteiger partial charge in [0.2, 0.25) is 5.91 Å². The highest BCUT2D eigenvalue weighted by Crippen LogP contribution is 2.25. The number of piperidine rings is 1. The van der Waals surface area contributed by atoms with Gasteiger partial charge >= 0.3 is 5.97 Å². The number of carbonyl (C=O) groups excluding carboxylic acids is 3. The first-order chi connectivity index (χ1) is 12.9. The second-order valence-corrected chi connectivity index (χ2v) is 6.13. The van der Waals surface area contributed by atoms with E-state index < -0.39 is 11.9 Å². The molecule has 0 bridgehead atoms. The number of rotatable bonds is 7. The third-order valence-electron chi connectivity index (χ3n) is 4.35. The summed E-state index contributed by atoms with van der Waals surface area (Å²) in [5.74, 6) is -0.577. The number of likely N-dealkylation sites (tertiary alicyclic amines) is 1. The molecule has 0 saturated carbocycles. The predicted molar refractivity (Wildman–Crippen MR) is 98.0 cm³/mol. The minimum atomic E-state index is -0.656. The lowest BCUT2D eigenvalue weighted by Gasteiger charge is -2.30. The van der Waals surface area contributed by atoms with Crippen LogP contribution in [0.4, 0.5) is 0 Å². The van der Waals surface area contributed by atoms with E-state index in [2.05, 4.69) is 0 Å². The van der Waals surface area contributed by atoms with Crippen molar-refractivity contribution in [2.24, 2.45) is 11.7 Å². The SMILES string of the molecule is COc1ccc(OC)c(/C=C/C(=O)OCC(=O)N2CCC[C@H](C(N)=O)C2)c1. The number of amides is 2. The van der Waals surface area contributed by atoms with E-state index in [1.807, 2.05) is 0 Å². The number of carbonyl (C=O) groups is 3. The van der Waals surface area contributed by atoms with Gasteiger partial charge in [-0.15, -0.1) is 0 Å². The summed E-state index contributed by atoms with van der Waals surface area (Å²) >= 11 is 0. The molecule has 0 aromatic heterocycles. The number of nitrogens with two attached hydrogens (primary N) is 1. The van der Waals surface area contributed by atoms with E-state index in [1.165, 1.54) is 24.2 Å². The van der Waals surface area contributed by atoms with Crippen LogP contribution in [0.2, 0.25) is 0 Å². The van der Waals surface area contributed by atoms with Crippen LogP contribution in [-0.4, -0.2) is 56.6 Å². The summed E-state index contributed by atoms with van der Waals surface area (Å²) in [6, 6.07) is 5.18. The maximum atomic E-state index is 12.2. The van der Waals surface area contributed by atoms with Gasteiger partial charge < -0.3 is 24.8 Å². The number of esters is 1. The second kappa shape index (κ2) is 9.61. The first-order valence-corrected chi connectivity index (χ1v) is 8.58. The molecule has 1 atom stereocenters. The smallest absolute Gasteiger partial charge is 0.331 e. The fraction of sp³-hybridized carbons (Fsp3) is 0.421. The minimum absolute atomic E-state index is 0.266. The van der Waals surface area contributed by atoms with Gasteiger partial charge in [0.05, 0.1) is 20.1 Å². The fourth-order valence-electron chi connectivity index (χ4n) is 2.84. The maximum Gasteiger partial charge on any atom is 0.331 e. The van der Waals surface area contributed by atoms with Crippen LogP contribution >= 0.6 is 0 Å². The van der Waals surface area contributed by atoms with E-state index in [0.717, 1.165) is 0 Å². The molecule has 8 heteroatoms. The molecule has 1 fully saturated rings. The van der Waals surface area contributed by atoms with Gasteiger partial charge in [-0.3, -0.25) is 9.59 Å². The molecule has 0 spiro atoms. The molecule has 8 nitrogen and oxygen atoms in total. The molecule has 0 radical (unpaired) electrons. The van der Waals surface area contributed by atoms with Crippen molar-refractivity contribution in [1.29, 1.82) is 0 Å². The van der Waals surface area contributed by atoms with Crippen LogP contribution < -0.4 is 15.2 Å². The Hall–Kier alpha value is -3.03. The molecule has 1 saturated heterocycles. The average molecular weight is 376 g/mol. The monoisotopic (exact) mass is 376 g/mol. The average Bonchev–Trinajstić information content (AvgIpc) is 2.70. The van der Waals surface area contributed by atoms with E-state index in [-0.39, 0.29) is 25.0 Å². The van der Waals surface area contributed by atoms with Crippen LogP contribution in [0.3, 0.4) is 0 Å². The lowest BCUT2D eigenvalue weighted by atomic mass is 9.97. The molecule has 2 amide bonds. The molecule has 146 valence electrons. The first-order valence-electron chi connectivity index (χ1n) is 8.58. The van der Waals surface area contributed by atoms with E-state index >= 15 is 0 Å². The number of nitrogens with zero attached hydrogens (tertiary/aromatic N) is 1. The Morgan fingerprint density at radius 1 is 1.26 bits per heavy atom. The van der Waals surface area contributed by atoms with Crippen LogP contribution in [0.5, 0.6) is 11.5 Å². The minimum Gasteiger partial charge on any atom is -0.497 e. The molecule has 0 aliphatic carbocycles. The molecule has 1 aliphatic heterocycles. The van der Waals surface area contributed by atoms with Crippen LogP contribution in [0.25, 0.3) is 6.08 Å². The van der Waals surface area contributed by atoms with Gasteiger partial charge in [-0.2, -0.15) is 0 Å². The zero-order valence-corrected chi connectivity index (χ0v) is 15.5. The molecule has 1 aromatic rings. The number of methoxy groups -OCH3 is 2. The van der Waals surface area contributed by atoms with Gasteiger partial charge in [-0.25, -0.2) is 4.79 Å². The lowest BCUT2D eigenvalue weighted by Crippen LogP contribution is -2.45. The molecule has 1 aliphatic rings. The Balaban J connectivity index is 1.89. The highest BCUT2D eigenvalue weighted by Gasteiger charge is 2.27. The van der Waals surface area contributed by atoms with Crippen LogP contribution in [0.1, 0.15) is 18.4 Å². The van der Waals surface area contributed by atoms with Crippen molar-refractivity contribution in [2.75, 3.05) is 33.9 Å². The Bertz CT molecular complexity index is 731. The molecular weight excluding hydrogens is 352 g/mol. The summed E-state index contributed by atoms with van der Waals surface area (Å²) in [6.45, 7) is 0.406. The first kappa shape index (κ1) is 20.3. The van der Waals surface area contributed by atoms with Gasteiger partial charge in [0.15, 0.2) is 6.61 Å². The highest BCUT2D eigenvalue weighted by molar-refractivity contribution is 5.90. The summed E-state index contributed by atoms with van der Waals surface area (Å²) < 4.78 is 15.4. The molecule has 1 heterocycles. The van der Waals surface area contributed by atoms with Gasteiger partial charge in [-0.05, 0) is 37.1 Å². The van der Waals surface area contributed by atoms with E-state index in [1.54, 1.807) is 25.3 Å². The van der Waals surface area contributed by atoms with Crippen molar-refractivity contribution in [3.05, 3.63) is 29.8 Å². The van der Waals surface area contributed by atoms with Crippen molar-refractivity contribution in [3.8, 4) is 11.5 Å². The lowest BCUT2D eigenvalue weighted by molar-refractivity contribution is -0.149. The van der Waals surface area contributed by atoms with Crippen LogP contribution in [-0.2, 0) is 19.1 Å². The summed E-state index contributed by atoms with van der Waals surface area (Å²) in [5.41, 5.74) is 5.94. The topological polar surface area (TPSA) is 108 Å². The van der Waals surface area contributed by atoms with Crippen molar-refractivity contribution in [2.45, 2.75) is 12.8 Å². The maximum absolute atomic E-state index is 12.2. The van der Waals surface area contributed by atoms with Gasteiger partial charge in [-0.1, -0.05) is 0 Å². The molecule has 1 aromatic carbocycles. The summed E-state index contributed by atoms with van der Waals surface area (Å²) in [4.78, 5) is 36.8. The molecule has 2 rings (SSSR count). The van der Waals surface area contributed by atoms with E-state index in [4.69, 9.17) is 19.9 Å². The van der Waals surface area contributed by atoms with Crippen molar-refractivity contribution >= 4 is 23.9 Å². The third kappa shape index (κ3) is 5.73. The third-order valence-corrected chi connectivity index (χ3v) is 4.35. The fourth-order valence-corrected chi connectivity index (χ4v) is 2.84. The normalized spacial score (nSPS) is 16.8. The number of ether oxygens (including phenoxy) is 3. The summed E-state index contributed by atoms with van der Waals surface area (Å²) in [5, 5.41) is 0. The Morgan fingerprint density at radius 3 is 2.70 bits per heavy atom. The van der Waals surface area contributed by atoms with Crippen molar-refractivity contribution in [3.63, 3.8) is 0 Å². The zero-order valence-electron chi connectivity index (χ0n) is 15.5. The molecular formula is C19H24N2O6. The predicted octanol–water partition coefficient (Wildman–Crippen LogP) is 0.984. The quantitative estimate of drug-likeness (QED) is 0.561. The van der Waals surface area contributed by atoms with Crippen LogP contribution in [0, 0.1) is 5.92 Å². The van der Waals surface area contributed by atoms with Gasteiger partial charge in [0, 0.05) is 24.7 Å².